The van der Waals surface area contributed by atoms with Crippen molar-refractivity contribution in [1.82, 2.24) is 0 Å². The van der Waals surface area contributed by atoms with Crippen LogP contribution in [0.15, 0.2) is 0 Å². The summed E-state index contributed by atoms with van der Waals surface area (Å²) in [5, 5.41) is 10.4. The molecule has 0 spiro atoms. The van der Waals surface area contributed by atoms with Gasteiger partial charge in [0.05, 0.1) is 6.61 Å². The number of esters is 1. The molecule has 0 saturated heterocycles. The van der Waals surface area contributed by atoms with Crippen molar-refractivity contribution in [3.63, 3.8) is 0 Å². The molecule has 1 aliphatic carbocycles. The van der Waals surface area contributed by atoms with Gasteiger partial charge in [0.1, 0.15) is 5.60 Å². The zero-order valence-electron chi connectivity index (χ0n) is 12.3. The highest BCUT2D eigenvalue weighted by Crippen LogP contribution is 2.54. The number of ether oxygens (including phenoxy) is 1. The average Bonchev–Trinajstić information content (AvgIpc) is 2.11. The zero-order valence-corrected chi connectivity index (χ0v) is 12.3. The number of rotatable bonds is 3. The minimum absolute atomic E-state index is 0.116. The second kappa shape index (κ2) is 4.69. The van der Waals surface area contributed by atoms with Crippen molar-refractivity contribution >= 4 is 5.97 Å². The molecule has 1 saturated carbocycles. The van der Waals surface area contributed by atoms with E-state index in [9.17, 15) is 18.7 Å². The SMILES string of the molecule is CCOC(=O)C(F)(F)C1(O)CC(C)(C)CC(C)(C)C1. The molecule has 0 unspecified atom stereocenters. The van der Waals surface area contributed by atoms with Crippen LogP contribution < -0.4 is 0 Å². The van der Waals surface area contributed by atoms with Gasteiger partial charge in [0.25, 0.3) is 0 Å². The molecule has 0 heterocycles. The first-order valence-electron chi connectivity index (χ1n) is 6.63. The van der Waals surface area contributed by atoms with Gasteiger partial charge in [-0.2, -0.15) is 8.78 Å². The maximum Gasteiger partial charge on any atom is 0.380 e. The van der Waals surface area contributed by atoms with Gasteiger partial charge in [-0.25, -0.2) is 4.79 Å². The Morgan fingerprint density at radius 1 is 1.16 bits per heavy atom. The lowest BCUT2D eigenvalue weighted by Gasteiger charge is -2.51. The van der Waals surface area contributed by atoms with E-state index in [1.165, 1.54) is 6.92 Å². The molecule has 1 fully saturated rings. The van der Waals surface area contributed by atoms with Gasteiger partial charge in [0.2, 0.25) is 0 Å². The number of halogens is 2. The zero-order chi connectivity index (χ0) is 15.1. The molecule has 3 nitrogen and oxygen atoms in total. The monoisotopic (exact) mass is 278 g/mol. The normalized spacial score (nSPS) is 24.8. The highest BCUT2D eigenvalue weighted by atomic mass is 19.3. The molecule has 0 aliphatic heterocycles. The van der Waals surface area contributed by atoms with E-state index in [-0.39, 0.29) is 19.4 Å². The Bertz CT molecular complexity index is 346. The molecular weight excluding hydrogens is 254 g/mol. The van der Waals surface area contributed by atoms with Crippen LogP contribution in [-0.4, -0.2) is 29.2 Å². The molecule has 5 heteroatoms. The van der Waals surface area contributed by atoms with Crippen LogP contribution in [0.1, 0.15) is 53.9 Å². The fourth-order valence-corrected chi connectivity index (χ4v) is 3.70. The number of aliphatic hydroxyl groups is 1. The average molecular weight is 278 g/mol. The van der Waals surface area contributed by atoms with Gasteiger partial charge in [0.15, 0.2) is 0 Å². The van der Waals surface area contributed by atoms with Crippen LogP contribution in [0.5, 0.6) is 0 Å². The number of hydrogen-bond acceptors (Lipinski definition) is 3. The standard InChI is InChI=1S/C14H24F2O3/c1-6-19-10(17)14(15,16)13(18)8-11(2,3)7-12(4,5)9-13/h18H,6-9H2,1-5H3. The summed E-state index contributed by atoms with van der Waals surface area (Å²) in [6.07, 6.45) is 0.492. The summed E-state index contributed by atoms with van der Waals surface area (Å²) in [5.41, 5.74) is -3.25. The number of hydrogen-bond donors (Lipinski definition) is 1. The third-order valence-corrected chi connectivity index (χ3v) is 3.62. The van der Waals surface area contributed by atoms with E-state index in [4.69, 9.17) is 0 Å². The molecule has 0 amide bonds. The maximum absolute atomic E-state index is 14.2. The number of alkyl halides is 2. The predicted octanol–water partition coefficient (Wildman–Crippen LogP) is 3.15. The van der Waals surface area contributed by atoms with Crippen molar-refractivity contribution in [2.45, 2.75) is 65.4 Å². The summed E-state index contributed by atoms with van der Waals surface area (Å²) >= 11 is 0. The van der Waals surface area contributed by atoms with Gasteiger partial charge in [-0.3, -0.25) is 0 Å². The molecule has 0 aromatic heterocycles. The Balaban J connectivity index is 3.11. The van der Waals surface area contributed by atoms with Gasteiger partial charge in [-0.1, -0.05) is 27.7 Å². The molecule has 19 heavy (non-hydrogen) atoms. The second-order valence-corrected chi connectivity index (χ2v) is 7.19. The van der Waals surface area contributed by atoms with Crippen LogP contribution in [0.3, 0.4) is 0 Å². The lowest BCUT2D eigenvalue weighted by atomic mass is 9.58. The van der Waals surface area contributed by atoms with Gasteiger partial charge in [-0.15, -0.1) is 0 Å². The lowest BCUT2D eigenvalue weighted by Crippen LogP contribution is -2.60. The summed E-state index contributed by atoms with van der Waals surface area (Å²) in [4.78, 5) is 11.5. The van der Waals surface area contributed by atoms with E-state index in [2.05, 4.69) is 4.74 Å². The predicted molar refractivity (Wildman–Crippen MR) is 67.9 cm³/mol. The summed E-state index contributed by atoms with van der Waals surface area (Å²) in [6.45, 7) is 8.67. The smallest absolute Gasteiger partial charge is 0.380 e. The van der Waals surface area contributed by atoms with Crippen LogP contribution in [0.25, 0.3) is 0 Å². The Kier molecular flexibility index (Phi) is 4.03. The van der Waals surface area contributed by atoms with Crippen molar-refractivity contribution in [3.8, 4) is 0 Å². The van der Waals surface area contributed by atoms with Crippen molar-refractivity contribution < 1.29 is 23.4 Å². The molecule has 1 aliphatic rings. The van der Waals surface area contributed by atoms with Gasteiger partial charge < -0.3 is 9.84 Å². The Hall–Kier alpha value is -0.710. The lowest BCUT2D eigenvalue weighted by molar-refractivity contribution is -0.239. The Morgan fingerprint density at radius 3 is 1.95 bits per heavy atom. The molecule has 0 aromatic rings. The number of carbonyl (C=O) groups excluding carboxylic acids is 1. The van der Waals surface area contributed by atoms with Crippen LogP contribution >= 0.6 is 0 Å². The van der Waals surface area contributed by atoms with Crippen molar-refractivity contribution in [2.75, 3.05) is 6.61 Å². The van der Waals surface area contributed by atoms with Crippen LogP contribution in [-0.2, 0) is 9.53 Å². The third-order valence-electron chi connectivity index (χ3n) is 3.62. The van der Waals surface area contributed by atoms with Gasteiger partial charge in [-0.05, 0) is 37.0 Å². The van der Waals surface area contributed by atoms with E-state index in [1.54, 1.807) is 0 Å². The molecule has 1 N–H and O–H groups in total. The summed E-state index contributed by atoms with van der Waals surface area (Å²) in [5.74, 6) is -5.51. The highest BCUT2D eigenvalue weighted by molar-refractivity contribution is 5.79. The van der Waals surface area contributed by atoms with Crippen LogP contribution in [0, 0.1) is 10.8 Å². The minimum atomic E-state index is -3.88. The van der Waals surface area contributed by atoms with E-state index in [0.29, 0.717) is 0 Å². The summed E-state index contributed by atoms with van der Waals surface area (Å²) in [6, 6.07) is 0. The highest BCUT2D eigenvalue weighted by Gasteiger charge is 2.64. The molecule has 0 bridgehead atoms. The van der Waals surface area contributed by atoms with Gasteiger partial charge in [0, 0.05) is 0 Å². The fraction of sp³-hybridized carbons (Fsp3) is 0.929. The Labute approximate surface area is 113 Å². The molecule has 1 rings (SSSR count). The van der Waals surface area contributed by atoms with Gasteiger partial charge >= 0.3 is 11.9 Å². The largest absolute Gasteiger partial charge is 0.461 e. The van der Waals surface area contributed by atoms with E-state index in [0.717, 1.165) is 6.42 Å². The van der Waals surface area contributed by atoms with E-state index >= 15 is 0 Å². The summed E-state index contributed by atoms with van der Waals surface area (Å²) < 4.78 is 32.9. The Morgan fingerprint density at radius 2 is 1.58 bits per heavy atom. The third kappa shape index (κ3) is 3.25. The minimum Gasteiger partial charge on any atom is -0.461 e. The van der Waals surface area contributed by atoms with Crippen LogP contribution in [0.2, 0.25) is 0 Å². The molecular formula is C14H24F2O3. The second-order valence-electron chi connectivity index (χ2n) is 7.19. The first-order chi connectivity index (χ1) is 8.35. The quantitative estimate of drug-likeness (QED) is 0.807. The van der Waals surface area contributed by atoms with Crippen molar-refractivity contribution in [2.24, 2.45) is 10.8 Å². The van der Waals surface area contributed by atoms with E-state index in [1.807, 2.05) is 27.7 Å². The topological polar surface area (TPSA) is 46.5 Å². The summed E-state index contributed by atoms with van der Waals surface area (Å²) in [7, 11) is 0. The molecule has 0 radical (unpaired) electrons. The first-order valence-corrected chi connectivity index (χ1v) is 6.63. The molecule has 112 valence electrons. The van der Waals surface area contributed by atoms with Crippen molar-refractivity contribution in [3.05, 3.63) is 0 Å². The first kappa shape index (κ1) is 16.3. The number of carbonyl (C=O) groups is 1. The molecule has 0 aromatic carbocycles. The fourth-order valence-electron chi connectivity index (χ4n) is 3.70. The van der Waals surface area contributed by atoms with Crippen LogP contribution in [0.4, 0.5) is 8.78 Å². The van der Waals surface area contributed by atoms with E-state index < -0.39 is 28.3 Å². The molecule has 0 atom stereocenters. The maximum atomic E-state index is 14.2. The van der Waals surface area contributed by atoms with Crippen molar-refractivity contribution in [1.29, 1.82) is 0 Å².